The molecule has 1 N–H and O–H groups in total. The summed E-state index contributed by atoms with van der Waals surface area (Å²) in [5.74, 6) is -0.788. The van der Waals surface area contributed by atoms with Gasteiger partial charge in [-0.15, -0.1) is 0 Å². The summed E-state index contributed by atoms with van der Waals surface area (Å²) >= 11 is 0. The second-order valence-electron chi connectivity index (χ2n) is 3.08. The second-order valence-corrected chi connectivity index (χ2v) is 3.08. The quantitative estimate of drug-likeness (QED) is 0.579. The molecule has 1 aliphatic rings. The average Bonchev–Trinajstić information content (AvgIpc) is 2.57. The molecule has 0 radical (unpaired) electrons. The molecule has 0 spiro atoms. The van der Waals surface area contributed by atoms with E-state index in [0.717, 1.165) is 6.08 Å². The maximum atomic E-state index is 11.4. The van der Waals surface area contributed by atoms with Crippen molar-refractivity contribution in [2.75, 3.05) is 0 Å². The monoisotopic (exact) mass is 203 g/mol. The molecule has 1 aliphatic heterocycles. The Balaban J connectivity index is 2.28. The topological polar surface area (TPSA) is 55.4 Å². The average molecular weight is 203 g/mol. The number of rotatable bonds is 2. The molecule has 0 fully saturated rings. The van der Waals surface area contributed by atoms with E-state index in [2.05, 4.69) is 11.9 Å². The van der Waals surface area contributed by atoms with E-state index < -0.39 is 12.2 Å². The summed E-state index contributed by atoms with van der Waals surface area (Å²) in [4.78, 5) is 22.4. The number of fused-ring (bicyclic) bond motifs is 1. The third-order valence-electron chi connectivity index (χ3n) is 2.15. The summed E-state index contributed by atoms with van der Waals surface area (Å²) in [7, 11) is 0. The van der Waals surface area contributed by atoms with E-state index in [1.54, 1.807) is 24.3 Å². The van der Waals surface area contributed by atoms with Crippen LogP contribution >= 0.6 is 0 Å². The predicted molar refractivity (Wildman–Crippen MR) is 52.9 cm³/mol. The highest BCUT2D eigenvalue weighted by atomic mass is 16.6. The van der Waals surface area contributed by atoms with Crippen LogP contribution in [0, 0.1) is 0 Å². The highest BCUT2D eigenvalue weighted by Crippen LogP contribution is 2.25. The first-order chi connectivity index (χ1) is 7.22. The molecule has 1 heterocycles. The molecule has 2 rings (SSSR count). The van der Waals surface area contributed by atoms with Crippen LogP contribution in [0.5, 0.6) is 0 Å². The third kappa shape index (κ3) is 1.61. The van der Waals surface area contributed by atoms with Gasteiger partial charge in [-0.05, 0) is 6.07 Å². The Morgan fingerprint density at radius 2 is 2.20 bits per heavy atom. The number of carbonyl (C=O) groups excluding carboxylic acids is 2. The van der Waals surface area contributed by atoms with Gasteiger partial charge in [0, 0.05) is 17.2 Å². The summed E-state index contributed by atoms with van der Waals surface area (Å²) in [6.07, 6.45) is 0.367. The molecule has 0 bridgehead atoms. The van der Waals surface area contributed by atoms with E-state index in [1.807, 2.05) is 0 Å². The maximum Gasteiger partial charge on any atom is 0.332 e. The Morgan fingerprint density at radius 3 is 2.93 bits per heavy atom. The molecule has 1 aromatic carbocycles. The van der Waals surface area contributed by atoms with Gasteiger partial charge in [0.25, 0.3) is 5.91 Å². The second kappa shape index (κ2) is 3.57. The van der Waals surface area contributed by atoms with E-state index in [-0.39, 0.29) is 5.91 Å². The number of hydrogen-bond acceptors (Lipinski definition) is 3. The Labute approximate surface area is 86.5 Å². The van der Waals surface area contributed by atoms with Gasteiger partial charge in [0.1, 0.15) is 0 Å². The van der Waals surface area contributed by atoms with E-state index in [1.165, 1.54) is 0 Å². The van der Waals surface area contributed by atoms with Gasteiger partial charge in [0.2, 0.25) is 6.23 Å². The molecule has 4 nitrogen and oxygen atoms in total. The maximum absolute atomic E-state index is 11.4. The Morgan fingerprint density at radius 1 is 1.47 bits per heavy atom. The van der Waals surface area contributed by atoms with Gasteiger partial charge in [-0.25, -0.2) is 4.79 Å². The first-order valence-corrected chi connectivity index (χ1v) is 4.45. The van der Waals surface area contributed by atoms with Crippen LogP contribution in [0.1, 0.15) is 22.1 Å². The molecule has 1 amide bonds. The highest BCUT2D eigenvalue weighted by Gasteiger charge is 2.30. The number of amides is 1. The minimum atomic E-state index is -0.695. The zero-order valence-corrected chi connectivity index (χ0v) is 7.90. The van der Waals surface area contributed by atoms with Gasteiger partial charge >= 0.3 is 5.97 Å². The van der Waals surface area contributed by atoms with Crippen LogP contribution in [-0.2, 0) is 9.53 Å². The van der Waals surface area contributed by atoms with Crippen molar-refractivity contribution in [3.8, 4) is 0 Å². The molecule has 76 valence electrons. The summed E-state index contributed by atoms with van der Waals surface area (Å²) in [6.45, 7) is 3.29. The van der Waals surface area contributed by atoms with Crippen LogP contribution in [0.25, 0.3) is 0 Å². The predicted octanol–water partition coefficient (Wildman–Crippen LogP) is 1.16. The summed E-state index contributed by atoms with van der Waals surface area (Å²) < 4.78 is 4.97. The molecule has 1 unspecified atom stereocenters. The number of benzene rings is 1. The van der Waals surface area contributed by atoms with Crippen molar-refractivity contribution in [3.05, 3.63) is 48.0 Å². The molecule has 15 heavy (non-hydrogen) atoms. The van der Waals surface area contributed by atoms with Crippen molar-refractivity contribution in [1.29, 1.82) is 0 Å². The fourth-order valence-electron chi connectivity index (χ4n) is 1.46. The summed E-state index contributed by atoms with van der Waals surface area (Å²) in [5.41, 5.74) is 1.22. The van der Waals surface area contributed by atoms with E-state index in [9.17, 15) is 9.59 Å². The SMILES string of the molecule is C=CC(=O)OC1NC(=O)c2ccccc21. The third-order valence-corrected chi connectivity index (χ3v) is 2.15. The summed E-state index contributed by atoms with van der Waals surface area (Å²) in [6, 6.07) is 6.98. The fraction of sp³-hybridized carbons (Fsp3) is 0.0909. The lowest BCUT2D eigenvalue weighted by Gasteiger charge is -2.10. The Bertz CT molecular complexity index is 439. The Hall–Kier alpha value is -2.10. The van der Waals surface area contributed by atoms with Crippen molar-refractivity contribution in [2.45, 2.75) is 6.23 Å². The zero-order valence-electron chi connectivity index (χ0n) is 7.90. The van der Waals surface area contributed by atoms with E-state index in [0.29, 0.717) is 11.1 Å². The fourth-order valence-corrected chi connectivity index (χ4v) is 1.46. The smallest absolute Gasteiger partial charge is 0.332 e. The number of hydrogen-bond donors (Lipinski definition) is 1. The van der Waals surface area contributed by atoms with Crippen LogP contribution in [0.4, 0.5) is 0 Å². The molecular weight excluding hydrogens is 194 g/mol. The van der Waals surface area contributed by atoms with Gasteiger partial charge in [0.05, 0.1) is 0 Å². The van der Waals surface area contributed by atoms with Crippen molar-refractivity contribution < 1.29 is 14.3 Å². The first-order valence-electron chi connectivity index (χ1n) is 4.45. The van der Waals surface area contributed by atoms with Gasteiger partial charge in [-0.1, -0.05) is 24.8 Å². The molecule has 0 aliphatic carbocycles. The van der Waals surface area contributed by atoms with E-state index >= 15 is 0 Å². The Kier molecular flexibility index (Phi) is 2.25. The minimum Gasteiger partial charge on any atom is -0.434 e. The number of carbonyl (C=O) groups is 2. The van der Waals surface area contributed by atoms with Crippen molar-refractivity contribution in [2.24, 2.45) is 0 Å². The molecule has 1 aromatic rings. The molecule has 0 saturated heterocycles. The standard InChI is InChI=1S/C11H9NO3/c1-2-9(13)15-11-8-6-4-3-5-7(8)10(14)12-11/h2-6,11H,1H2,(H,12,14). The van der Waals surface area contributed by atoms with Crippen LogP contribution in [0.15, 0.2) is 36.9 Å². The molecule has 0 aromatic heterocycles. The van der Waals surface area contributed by atoms with Gasteiger partial charge in [-0.3, -0.25) is 4.79 Å². The van der Waals surface area contributed by atoms with Gasteiger partial charge in [-0.2, -0.15) is 0 Å². The van der Waals surface area contributed by atoms with Gasteiger partial charge in [0.15, 0.2) is 0 Å². The lowest BCUT2D eigenvalue weighted by atomic mass is 10.1. The van der Waals surface area contributed by atoms with Crippen molar-refractivity contribution >= 4 is 11.9 Å². The molecular formula is C11H9NO3. The van der Waals surface area contributed by atoms with Crippen molar-refractivity contribution in [1.82, 2.24) is 5.32 Å². The van der Waals surface area contributed by atoms with Crippen LogP contribution in [0.2, 0.25) is 0 Å². The number of nitrogens with one attached hydrogen (secondary N) is 1. The lowest BCUT2D eigenvalue weighted by molar-refractivity contribution is -0.144. The van der Waals surface area contributed by atoms with Crippen LogP contribution in [-0.4, -0.2) is 11.9 Å². The lowest BCUT2D eigenvalue weighted by Crippen LogP contribution is -2.23. The van der Waals surface area contributed by atoms with Crippen molar-refractivity contribution in [3.63, 3.8) is 0 Å². The molecule has 0 saturated carbocycles. The van der Waals surface area contributed by atoms with Gasteiger partial charge < -0.3 is 10.1 Å². The summed E-state index contributed by atoms with van der Waals surface area (Å²) in [5, 5.41) is 2.55. The van der Waals surface area contributed by atoms with E-state index in [4.69, 9.17) is 4.74 Å². The minimum absolute atomic E-state index is 0.229. The zero-order chi connectivity index (χ0) is 10.8. The first kappa shape index (κ1) is 9.45. The molecule has 1 atom stereocenters. The normalized spacial score (nSPS) is 17.9. The number of ether oxygens (including phenoxy) is 1. The number of esters is 1. The largest absolute Gasteiger partial charge is 0.434 e. The van der Waals surface area contributed by atoms with Crippen LogP contribution in [0.3, 0.4) is 0 Å². The molecule has 4 heteroatoms. The van der Waals surface area contributed by atoms with Crippen LogP contribution < -0.4 is 5.32 Å². The highest BCUT2D eigenvalue weighted by molar-refractivity contribution is 5.99.